The predicted molar refractivity (Wildman–Crippen MR) is 78.3 cm³/mol. The minimum atomic E-state index is -0.0794. The minimum absolute atomic E-state index is 0.0465. The van der Waals surface area contributed by atoms with Gasteiger partial charge in [0, 0.05) is 23.9 Å². The quantitative estimate of drug-likeness (QED) is 0.692. The van der Waals surface area contributed by atoms with Crippen LogP contribution in [-0.4, -0.2) is 24.4 Å². The van der Waals surface area contributed by atoms with E-state index in [9.17, 15) is 9.59 Å². The smallest absolute Gasteiger partial charge is 0.224 e. The normalized spacial score (nSPS) is 10.3. The fraction of sp³-hybridized carbons (Fsp3) is 0.429. The standard InChI is InChI=1S/C14H20N2O2S/c1-10(2)16-13(17)7-8-15-14(18)9-11-3-5-12(19)6-4-11/h3-6,10,19H,7-9H2,1-2H3,(H,15,18)(H,16,17). The van der Waals surface area contributed by atoms with Crippen LogP contribution in [0.5, 0.6) is 0 Å². The minimum Gasteiger partial charge on any atom is -0.355 e. The second-order valence-corrected chi connectivity index (χ2v) is 5.18. The summed E-state index contributed by atoms with van der Waals surface area (Å²) < 4.78 is 0. The van der Waals surface area contributed by atoms with Crippen molar-refractivity contribution < 1.29 is 9.59 Å². The molecule has 5 heteroatoms. The molecule has 0 fully saturated rings. The monoisotopic (exact) mass is 280 g/mol. The molecule has 2 amide bonds. The van der Waals surface area contributed by atoms with E-state index in [1.165, 1.54) is 0 Å². The molecule has 0 aliphatic heterocycles. The molecule has 1 aromatic rings. The Morgan fingerprint density at radius 2 is 1.79 bits per heavy atom. The summed E-state index contributed by atoms with van der Waals surface area (Å²) >= 11 is 4.18. The Hall–Kier alpha value is -1.49. The van der Waals surface area contributed by atoms with E-state index >= 15 is 0 Å². The van der Waals surface area contributed by atoms with Gasteiger partial charge in [-0.25, -0.2) is 0 Å². The zero-order valence-electron chi connectivity index (χ0n) is 11.3. The molecule has 0 aliphatic rings. The summed E-state index contributed by atoms with van der Waals surface area (Å²) in [7, 11) is 0. The van der Waals surface area contributed by atoms with Gasteiger partial charge in [-0.1, -0.05) is 12.1 Å². The molecular weight excluding hydrogens is 260 g/mol. The topological polar surface area (TPSA) is 58.2 Å². The molecule has 0 atom stereocenters. The molecule has 1 rings (SSSR count). The highest BCUT2D eigenvalue weighted by Crippen LogP contribution is 2.08. The van der Waals surface area contributed by atoms with Crippen LogP contribution in [0.4, 0.5) is 0 Å². The van der Waals surface area contributed by atoms with Gasteiger partial charge < -0.3 is 10.6 Å². The Labute approximate surface area is 119 Å². The molecule has 1 aromatic carbocycles. The summed E-state index contributed by atoms with van der Waals surface area (Å²) in [6.45, 7) is 4.17. The highest BCUT2D eigenvalue weighted by molar-refractivity contribution is 7.80. The lowest BCUT2D eigenvalue weighted by atomic mass is 10.1. The lowest BCUT2D eigenvalue weighted by Gasteiger charge is -2.09. The van der Waals surface area contributed by atoms with Gasteiger partial charge in [-0.05, 0) is 31.5 Å². The largest absolute Gasteiger partial charge is 0.355 e. The molecule has 2 N–H and O–H groups in total. The lowest BCUT2D eigenvalue weighted by molar-refractivity contribution is -0.122. The molecule has 0 aliphatic carbocycles. The highest BCUT2D eigenvalue weighted by atomic mass is 32.1. The van der Waals surface area contributed by atoms with Crippen LogP contribution in [0.25, 0.3) is 0 Å². The SMILES string of the molecule is CC(C)NC(=O)CCNC(=O)Cc1ccc(S)cc1. The molecule has 0 spiro atoms. The third kappa shape index (κ3) is 6.86. The number of carbonyl (C=O) groups is 2. The van der Waals surface area contributed by atoms with Gasteiger partial charge in [0.05, 0.1) is 6.42 Å². The van der Waals surface area contributed by atoms with Gasteiger partial charge in [0.2, 0.25) is 11.8 Å². The van der Waals surface area contributed by atoms with E-state index in [0.29, 0.717) is 19.4 Å². The van der Waals surface area contributed by atoms with Crippen LogP contribution in [0, 0.1) is 0 Å². The first-order valence-corrected chi connectivity index (χ1v) is 6.76. The van der Waals surface area contributed by atoms with Crippen molar-refractivity contribution in [3.05, 3.63) is 29.8 Å². The molecule has 0 saturated carbocycles. The number of carbonyl (C=O) groups excluding carboxylic acids is 2. The third-order valence-corrected chi connectivity index (χ3v) is 2.72. The van der Waals surface area contributed by atoms with Crippen molar-refractivity contribution in [2.75, 3.05) is 6.54 Å². The Morgan fingerprint density at radius 3 is 2.37 bits per heavy atom. The summed E-state index contributed by atoms with van der Waals surface area (Å²) in [5.74, 6) is -0.126. The van der Waals surface area contributed by atoms with E-state index in [-0.39, 0.29) is 17.9 Å². The van der Waals surface area contributed by atoms with E-state index in [4.69, 9.17) is 0 Å². The van der Waals surface area contributed by atoms with Crippen molar-refractivity contribution in [3.8, 4) is 0 Å². The first-order chi connectivity index (χ1) is 8.97. The average molecular weight is 280 g/mol. The van der Waals surface area contributed by atoms with Crippen molar-refractivity contribution in [3.63, 3.8) is 0 Å². The van der Waals surface area contributed by atoms with Crippen LogP contribution in [0.3, 0.4) is 0 Å². The van der Waals surface area contributed by atoms with E-state index in [0.717, 1.165) is 10.5 Å². The molecule has 0 heterocycles. The highest BCUT2D eigenvalue weighted by Gasteiger charge is 2.06. The van der Waals surface area contributed by atoms with Gasteiger partial charge in [0.15, 0.2) is 0 Å². The number of amides is 2. The summed E-state index contributed by atoms with van der Waals surface area (Å²) in [6, 6.07) is 7.56. The first kappa shape index (κ1) is 15.6. The number of thiol groups is 1. The van der Waals surface area contributed by atoms with Crippen LogP contribution >= 0.6 is 12.6 Å². The van der Waals surface area contributed by atoms with E-state index < -0.39 is 0 Å². The average Bonchev–Trinajstić information content (AvgIpc) is 2.31. The molecule has 104 valence electrons. The van der Waals surface area contributed by atoms with Crippen molar-refractivity contribution in [2.24, 2.45) is 0 Å². The lowest BCUT2D eigenvalue weighted by Crippen LogP contribution is -2.34. The summed E-state index contributed by atoms with van der Waals surface area (Å²) in [6.07, 6.45) is 0.624. The molecule has 4 nitrogen and oxygen atoms in total. The number of nitrogens with one attached hydrogen (secondary N) is 2. The van der Waals surface area contributed by atoms with Crippen molar-refractivity contribution in [1.29, 1.82) is 0 Å². The molecule has 0 aromatic heterocycles. The van der Waals surface area contributed by atoms with Gasteiger partial charge in [0.25, 0.3) is 0 Å². The maximum Gasteiger partial charge on any atom is 0.224 e. The molecule has 19 heavy (non-hydrogen) atoms. The van der Waals surface area contributed by atoms with Crippen molar-refractivity contribution >= 4 is 24.4 Å². The number of benzene rings is 1. The first-order valence-electron chi connectivity index (χ1n) is 6.31. The number of hydrogen-bond acceptors (Lipinski definition) is 3. The summed E-state index contributed by atoms with van der Waals surface area (Å²) in [5.41, 5.74) is 0.932. The molecule has 0 unspecified atom stereocenters. The van der Waals surface area contributed by atoms with Crippen LogP contribution in [0.1, 0.15) is 25.8 Å². The van der Waals surface area contributed by atoms with Crippen molar-refractivity contribution in [1.82, 2.24) is 10.6 Å². The Kier molecular flexibility index (Phi) is 6.42. The van der Waals surface area contributed by atoms with Crippen LogP contribution in [-0.2, 0) is 16.0 Å². The van der Waals surface area contributed by atoms with Gasteiger partial charge in [-0.15, -0.1) is 12.6 Å². The molecule has 0 saturated heterocycles. The maximum absolute atomic E-state index is 11.6. The van der Waals surface area contributed by atoms with Crippen LogP contribution < -0.4 is 10.6 Å². The summed E-state index contributed by atoms with van der Waals surface area (Å²) in [4.78, 5) is 23.9. The van der Waals surface area contributed by atoms with Crippen LogP contribution in [0.2, 0.25) is 0 Å². The number of hydrogen-bond donors (Lipinski definition) is 3. The molecule has 0 radical (unpaired) electrons. The zero-order chi connectivity index (χ0) is 14.3. The van der Waals surface area contributed by atoms with Crippen LogP contribution in [0.15, 0.2) is 29.2 Å². The Balaban J connectivity index is 2.25. The van der Waals surface area contributed by atoms with Crippen molar-refractivity contribution in [2.45, 2.75) is 37.6 Å². The van der Waals surface area contributed by atoms with Gasteiger partial charge in [0.1, 0.15) is 0 Å². The maximum atomic E-state index is 11.6. The van der Waals surface area contributed by atoms with Gasteiger partial charge in [-0.3, -0.25) is 9.59 Å². The molecule has 0 bridgehead atoms. The Morgan fingerprint density at radius 1 is 1.16 bits per heavy atom. The fourth-order valence-electron chi connectivity index (χ4n) is 1.57. The second-order valence-electron chi connectivity index (χ2n) is 4.67. The Bertz CT molecular complexity index is 430. The van der Waals surface area contributed by atoms with E-state index in [1.54, 1.807) is 0 Å². The van der Waals surface area contributed by atoms with Gasteiger partial charge >= 0.3 is 0 Å². The van der Waals surface area contributed by atoms with E-state index in [1.807, 2.05) is 38.1 Å². The fourth-order valence-corrected chi connectivity index (χ4v) is 1.72. The van der Waals surface area contributed by atoms with E-state index in [2.05, 4.69) is 23.3 Å². The second kappa shape index (κ2) is 7.84. The zero-order valence-corrected chi connectivity index (χ0v) is 12.2. The number of rotatable bonds is 6. The van der Waals surface area contributed by atoms with Gasteiger partial charge in [-0.2, -0.15) is 0 Å². The third-order valence-electron chi connectivity index (χ3n) is 2.42. The summed E-state index contributed by atoms with van der Waals surface area (Å²) in [5, 5.41) is 5.50. The predicted octanol–water partition coefficient (Wildman–Crippen LogP) is 1.55. The molecular formula is C14H20N2O2S.